The Labute approximate surface area is 331 Å². The summed E-state index contributed by atoms with van der Waals surface area (Å²) in [6.07, 6.45) is 11.9. The number of nitrogens with zero attached hydrogens (tertiary/aromatic N) is 1. The fraction of sp³-hybridized carbons (Fsp3) is 0.524. The molecule has 5 amide bonds. The Morgan fingerprint density at radius 3 is 2.46 bits per heavy atom. The van der Waals surface area contributed by atoms with Crippen LogP contribution in [0.4, 0.5) is 5.69 Å². The van der Waals surface area contributed by atoms with Crippen molar-refractivity contribution in [2.75, 3.05) is 25.5 Å². The van der Waals surface area contributed by atoms with Crippen LogP contribution in [0.25, 0.3) is 0 Å². The van der Waals surface area contributed by atoms with Gasteiger partial charge >= 0.3 is 17.9 Å². The molecule has 0 radical (unpaired) electrons. The minimum atomic E-state index is -1.17. The van der Waals surface area contributed by atoms with Gasteiger partial charge in [-0.2, -0.15) is 0 Å². The van der Waals surface area contributed by atoms with E-state index in [4.69, 9.17) is 14.2 Å². The van der Waals surface area contributed by atoms with Gasteiger partial charge < -0.3 is 24.8 Å². The van der Waals surface area contributed by atoms with E-state index in [0.29, 0.717) is 42.8 Å². The van der Waals surface area contributed by atoms with Gasteiger partial charge in [-0.1, -0.05) is 37.1 Å². The number of fused-ring (bicyclic) bond motifs is 1. The molecule has 0 spiro atoms. The molecule has 0 aromatic heterocycles. The zero-order chi connectivity index (χ0) is 41.1. The van der Waals surface area contributed by atoms with E-state index in [1.165, 1.54) is 14.0 Å². The summed E-state index contributed by atoms with van der Waals surface area (Å²) in [6, 6.07) is 3.93. The summed E-state index contributed by atoms with van der Waals surface area (Å²) in [7, 11) is 1.30. The van der Waals surface area contributed by atoms with Crippen molar-refractivity contribution >= 4 is 53.1 Å². The first-order valence-electron chi connectivity index (χ1n) is 19.6. The number of nitrogens with one attached hydrogen (secondary N) is 3. The minimum Gasteiger partial charge on any atom is -0.466 e. The highest BCUT2D eigenvalue weighted by Gasteiger charge is 2.74. The molecular formula is C42H50N4O11. The third kappa shape index (κ3) is 7.63. The van der Waals surface area contributed by atoms with E-state index in [1.807, 2.05) is 0 Å². The van der Waals surface area contributed by atoms with E-state index < -0.39 is 64.2 Å². The molecule has 6 rings (SSSR count). The van der Waals surface area contributed by atoms with Gasteiger partial charge in [-0.15, -0.1) is 0 Å². The number of anilines is 1. The SMILES string of the molecule is COC(=O)C1=CCC23CCC(C(C)(C=CC=C(C)C(=O)NCCCCCCNc4cccc5c4C(=O)N(C4CCC(=O)NC4=O)C5=O)OC2=O)C3(OC(C)=O)CC1. The number of imide groups is 2. The number of cyclic esters (lactones) is 1. The average Bonchev–Trinajstić information content (AvgIpc) is 3.50. The molecule has 57 heavy (non-hydrogen) atoms. The number of methoxy groups -OCH3 is 1. The zero-order valence-corrected chi connectivity index (χ0v) is 32.8. The van der Waals surface area contributed by atoms with Crippen molar-refractivity contribution in [1.29, 1.82) is 0 Å². The van der Waals surface area contributed by atoms with Crippen molar-refractivity contribution in [3.8, 4) is 0 Å². The topological polar surface area (TPSA) is 204 Å². The molecule has 5 unspecified atom stereocenters. The zero-order valence-electron chi connectivity index (χ0n) is 32.8. The summed E-state index contributed by atoms with van der Waals surface area (Å²) < 4.78 is 17.1. The molecule has 3 fully saturated rings. The molecule has 5 atom stereocenters. The van der Waals surface area contributed by atoms with Crippen molar-refractivity contribution in [2.24, 2.45) is 11.3 Å². The summed E-state index contributed by atoms with van der Waals surface area (Å²) in [6.45, 7) is 5.81. The molecule has 3 heterocycles. The normalized spacial score (nSPS) is 28.2. The van der Waals surface area contributed by atoms with Crippen LogP contribution < -0.4 is 16.0 Å². The predicted molar refractivity (Wildman–Crippen MR) is 204 cm³/mol. The fourth-order valence-corrected chi connectivity index (χ4v) is 9.29. The van der Waals surface area contributed by atoms with E-state index >= 15 is 0 Å². The number of amides is 5. The van der Waals surface area contributed by atoms with Crippen molar-refractivity contribution in [3.63, 3.8) is 0 Å². The van der Waals surface area contributed by atoms with E-state index in [1.54, 1.807) is 56.4 Å². The summed E-state index contributed by atoms with van der Waals surface area (Å²) in [5, 5.41) is 8.38. The lowest BCUT2D eigenvalue weighted by Gasteiger charge is -2.54. The number of rotatable bonds is 14. The predicted octanol–water partition coefficient (Wildman–Crippen LogP) is 3.98. The molecule has 15 heteroatoms. The molecule has 3 aliphatic heterocycles. The monoisotopic (exact) mass is 786 g/mol. The van der Waals surface area contributed by atoms with Crippen molar-refractivity contribution < 1.29 is 52.6 Å². The second-order valence-electron chi connectivity index (χ2n) is 15.6. The Hall–Kier alpha value is -5.60. The Morgan fingerprint density at radius 2 is 1.74 bits per heavy atom. The standard InChI is InChI=1S/C42H50N4O11/c1-25(11-10-19-40(3)31-18-21-41(39(54)57-40)20-16-27(38(53)55-4)17-22-42(31,41)56-26(2)47)34(49)44-24-8-6-5-7-23-43-29-13-9-12-28-33(29)37(52)46(36(28)51)30-14-15-32(48)45-35(30)50/h9-13,16,19,30-31,43H,5-8,14-15,17-18,20-24H2,1-4H3,(H,44,49)(H,45,48,50). The Morgan fingerprint density at radius 1 is 0.982 bits per heavy atom. The number of esters is 3. The van der Waals surface area contributed by atoms with Crippen molar-refractivity contribution in [1.82, 2.24) is 15.5 Å². The molecule has 15 nitrogen and oxygen atoms in total. The largest absolute Gasteiger partial charge is 0.466 e. The third-order valence-electron chi connectivity index (χ3n) is 12.2. The molecule has 1 aromatic carbocycles. The highest BCUT2D eigenvalue weighted by Crippen LogP contribution is 2.65. The fourth-order valence-electron chi connectivity index (χ4n) is 9.29. The Kier molecular flexibility index (Phi) is 11.9. The molecular weight excluding hydrogens is 736 g/mol. The van der Waals surface area contributed by atoms with Gasteiger partial charge in [0.25, 0.3) is 11.8 Å². The van der Waals surface area contributed by atoms with Crippen LogP contribution in [0.3, 0.4) is 0 Å². The lowest BCUT2D eigenvalue weighted by molar-refractivity contribution is -0.235. The van der Waals surface area contributed by atoms with Gasteiger partial charge in [0, 0.05) is 49.2 Å². The Bertz CT molecular complexity index is 1990. The quantitative estimate of drug-likeness (QED) is 0.0613. The highest BCUT2D eigenvalue weighted by atomic mass is 16.6. The van der Waals surface area contributed by atoms with Crippen LogP contribution in [0.2, 0.25) is 0 Å². The maximum absolute atomic E-state index is 13.8. The molecule has 2 saturated heterocycles. The second kappa shape index (κ2) is 16.5. The molecule has 5 aliphatic rings. The summed E-state index contributed by atoms with van der Waals surface area (Å²) >= 11 is 0. The van der Waals surface area contributed by atoms with E-state index in [2.05, 4.69) is 16.0 Å². The number of carbonyl (C=O) groups is 8. The van der Waals surface area contributed by atoms with Crippen LogP contribution in [0.1, 0.15) is 112 Å². The smallest absolute Gasteiger partial charge is 0.333 e. The first-order chi connectivity index (χ1) is 27.2. The van der Waals surface area contributed by atoms with Crippen LogP contribution >= 0.6 is 0 Å². The number of hydrogen-bond donors (Lipinski definition) is 3. The van der Waals surface area contributed by atoms with Crippen LogP contribution in [-0.4, -0.2) is 89.8 Å². The van der Waals surface area contributed by atoms with Gasteiger partial charge in [0.2, 0.25) is 17.7 Å². The number of unbranched alkanes of at least 4 members (excludes halogenated alkanes) is 3. The molecule has 3 N–H and O–H groups in total. The van der Waals surface area contributed by atoms with E-state index in [9.17, 15) is 38.4 Å². The van der Waals surface area contributed by atoms with Gasteiger partial charge in [-0.25, -0.2) is 4.79 Å². The third-order valence-corrected chi connectivity index (χ3v) is 12.2. The van der Waals surface area contributed by atoms with Gasteiger partial charge in [0.15, 0.2) is 0 Å². The average molecular weight is 787 g/mol. The van der Waals surface area contributed by atoms with Crippen molar-refractivity contribution in [3.05, 3.63) is 64.8 Å². The summed E-state index contributed by atoms with van der Waals surface area (Å²) in [5.41, 5.74) is -1.56. The lowest BCUT2D eigenvalue weighted by Crippen LogP contribution is -2.65. The number of piperidine rings is 1. The Balaban J connectivity index is 0.963. The minimum absolute atomic E-state index is 0.0523. The van der Waals surface area contributed by atoms with Gasteiger partial charge in [0.05, 0.1) is 18.2 Å². The molecule has 304 valence electrons. The maximum Gasteiger partial charge on any atom is 0.333 e. The van der Waals surface area contributed by atoms with Gasteiger partial charge in [-0.3, -0.25) is 43.8 Å². The molecule has 1 aromatic rings. The molecule has 1 saturated carbocycles. The molecule has 2 bridgehead atoms. The molecule has 2 aliphatic carbocycles. The number of hydrogen-bond acceptors (Lipinski definition) is 12. The number of ether oxygens (including phenoxy) is 3. The van der Waals surface area contributed by atoms with E-state index in [-0.39, 0.29) is 55.1 Å². The maximum atomic E-state index is 13.8. The highest BCUT2D eigenvalue weighted by molar-refractivity contribution is 6.25. The van der Waals surface area contributed by atoms with Crippen molar-refractivity contribution in [2.45, 2.75) is 109 Å². The second-order valence-corrected chi connectivity index (χ2v) is 15.6. The first kappa shape index (κ1) is 41.0. The first-order valence-corrected chi connectivity index (χ1v) is 19.6. The number of benzene rings is 1. The van der Waals surface area contributed by atoms with Crippen LogP contribution in [0.15, 0.2) is 53.6 Å². The van der Waals surface area contributed by atoms with Crippen LogP contribution in [-0.2, 0) is 43.0 Å². The number of carbonyl (C=O) groups excluding carboxylic acids is 8. The number of allylic oxidation sites excluding steroid dienone is 3. The van der Waals surface area contributed by atoms with E-state index in [0.717, 1.165) is 30.6 Å². The van der Waals surface area contributed by atoms with Gasteiger partial charge in [0.1, 0.15) is 22.7 Å². The lowest BCUT2D eigenvalue weighted by atomic mass is 9.62. The summed E-state index contributed by atoms with van der Waals surface area (Å²) in [4.78, 5) is 103. The summed E-state index contributed by atoms with van der Waals surface area (Å²) in [5.74, 6) is -4.26. The van der Waals surface area contributed by atoms with Gasteiger partial charge in [-0.05, 0) is 83.4 Å². The van der Waals surface area contributed by atoms with Crippen LogP contribution in [0, 0.1) is 11.3 Å². The van der Waals surface area contributed by atoms with Crippen LogP contribution in [0.5, 0.6) is 0 Å².